The number of hydrogen-bond donors (Lipinski definition) is 0. The summed E-state index contributed by atoms with van der Waals surface area (Å²) < 4.78 is 6.15. The molecular formula is C49H88O2. The highest BCUT2D eigenvalue weighted by Crippen LogP contribution is 2.67. The Morgan fingerprint density at radius 1 is 0.686 bits per heavy atom. The van der Waals surface area contributed by atoms with Crippen molar-refractivity contribution in [2.75, 3.05) is 0 Å². The largest absolute Gasteiger partial charge is 0.462 e. The van der Waals surface area contributed by atoms with Gasteiger partial charge in [-0.3, -0.25) is 4.79 Å². The Balaban J connectivity index is 1.03. The third-order valence-electron chi connectivity index (χ3n) is 15.5. The van der Waals surface area contributed by atoms with Crippen LogP contribution >= 0.6 is 0 Å². The maximum Gasteiger partial charge on any atom is 0.306 e. The van der Waals surface area contributed by atoms with Gasteiger partial charge in [-0.25, -0.2) is 0 Å². The van der Waals surface area contributed by atoms with Gasteiger partial charge in [0.1, 0.15) is 6.10 Å². The van der Waals surface area contributed by atoms with E-state index in [1.807, 2.05) is 0 Å². The molecule has 1 unspecified atom stereocenters. The van der Waals surface area contributed by atoms with Gasteiger partial charge in [0.15, 0.2) is 0 Å². The van der Waals surface area contributed by atoms with Crippen molar-refractivity contribution in [1.29, 1.82) is 0 Å². The zero-order chi connectivity index (χ0) is 36.5. The topological polar surface area (TPSA) is 26.3 Å². The van der Waals surface area contributed by atoms with Crippen LogP contribution in [0.2, 0.25) is 0 Å². The van der Waals surface area contributed by atoms with Gasteiger partial charge in [0.05, 0.1) is 0 Å². The smallest absolute Gasteiger partial charge is 0.306 e. The van der Waals surface area contributed by atoms with Crippen LogP contribution < -0.4 is 0 Å². The summed E-state index contributed by atoms with van der Waals surface area (Å²) in [6.45, 7) is 15.0. The molecule has 4 aliphatic carbocycles. The third kappa shape index (κ3) is 12.9. The van der Waals surface area contributed by atoms with Gasteiger partial charge in [-0.05, 0) is 97.7 Å². The molecule has 0 saturated heterocycles. The van der Waals surface area contributed by atoms with Crippen LogP contribution in [0.15, 0.2) is 11.6 Å². The first-order chi connectivity index (χ1) is 24.7. The second-order valence-corrected chi connectivity index (χ2v) is 19.8. The molecule has 0 amide bonds. The highest BCUT2D eigenvalue weighted by molar-refractivity contribution is 5.69. The van der Waals surface area contributed by atoms with Crippen LogP contribution in [0.5, 0.6) is 0 Å². The summed E-state index contributed by atoms with van der Waals surface area (Å²) in [5, 5.41) is 0. The highest BCUT2D eigenvalue weighted by Gasteiger charge is 2.59. The number of unbranched alkanes of at least 4 members (excludes halogenated alkanes) is 18. The molecule has 0 spiro atoms. The maximum absolute atomic E-state index is 12.9. The standard InChI is InChI=1S/C49H88O2/c1-7-8-9-10-11-12-13-14-15-16-17-18-19-20-21-22-23-24-25-29-47(50)51-42-34-36-48(5)41(38-42)30-31-43-45-33-32-44(40(4)28-26-27-39(2)3)49(45,6)37-35-46(43)48/h30,39-40,42-46H,7-29,31-38H2,1-6H3/t40-,42+,43+,44?,45+,46+,48+,49-/m1/s1. The number of carbonyl (C=O) groups excluding carboxylic acids is 1. The predicted molar refractivity (Wildman–Crippen MR) is 221 cm³/mol. The molecule has 0 aromatic rings. The van der Waals surface area contributed by atoms with Gasteiger partial charge >= 0.3 is 5.97 Å². The van der Waals surface area contributed by atoms with Crippen molar-refractivity contribution in [1.82, 2.24) is 0 Å². The van der Waals surface area contributed by atoms with E-state index in [2.05, 4.69) is 47.6 Å². The van der Waals surface area contributed by atoms with Gasteiger partial charge in [-0.2, -0.15) is 0 Å². The van der Waals surface area contributed by atoms with Crippen molar-refractivity contribution in [3.63, 3.8) is 0 Å². The van der Waals surface area contributed by atoms with Crippen LogP contribution in [-0.2, 0) is 9.53 Å². The Hall–Kier alpha value is -0.790. The maximum atomic E-state index is 12.9. The quantitative estimate of drug-likeness (QED) is 0.0508. The fourth-order valence-electron chi connectivity index (χ4n) is 12.3. The Morgan fingerprint density at radius 3 is 1.82 bits per heavy atom. The van der Waals surface area contributed by atoms with Crippen molar-refractivity contribution in [3.05, 3.63) is 11.6 Å². The van der Waals surface area contributed by atoms with Crippen LogP contribution in [-0.4, -0.2) is 12.1 Å². The molecule has 2 heteroatoms. The monoisotopic (exact) mass is 709 g/mol. The highest BCUT2D eigenvalue weighted by atomic mass is 16.5. The van der Waals surface area contributed by atoms with Gasteiger partial charge in [0.2, 0.25) is 0 Å². The van der Waals surface area contributed by atoms with Crippen molar-refractivity contribution in [2.45, 2.75) is 247 Å². The van der Waals surface area contributed by atoms with Gasteiger partial charge < -0.3 is 4.74 Å². The first-order valence-electron chi connectivity index (χ1n) is 23.6. The molecule has 51 heavy (non-hydrogen) atoms. The fourth-order valence-corrected chi connectivity index (χ4v) is 12.3. The van der Waals surface area contributed by atoms with E-state index in [-0.39, 0.29) is 12.1 Å². The summed E-state index contributed by atoms with van der Waals surface area (Å²) in [5.41, 5.74) is 2.54. The molecule has 0 aliphatic heterocycles. The minimum atomic E-state index is 0.0674. The lowest BCUT2D eigenvalue weighted by molar-refractivity contribution is -0.151. The van der Waals surface area contributed by atoms with E-state index in [0.717, 1.165) is 54.8 Å². The van der Waals surface area contributed by atoms with Crippen LogP contribution in [0.4, 0.5) is 0 Å². The third-order valence-corrected chi connectivity index (χ3v) is 15.5. The molecule has 3 fully saturated rings. The molecular weight excluding hydrogens is 621 g/mol. The van der Waals surface area contributed by atoms with Gasteiger partial charge in [-0.15, -0.1) is 0 Å². The van der Waals surface area contributed by atoms with Gasteiger partial charge in [0, 0.05) is 12.8 Å². The van der Waals surface area contributed by atoms with Gasteiger partial charge in [-0.1, -0.05) is 188 Å². The predicted octanol–water partition coefficient (Wildman–Crippen LogP) is 15.8. The number of allylic oxidation sites excluding steroid dienone is 1. The van der Waals surface area contributed by atoms with Crippen LogP contribution in [0.25, 0.3) is 0 Å². The van der Waals surface area contributed by atoms with Crippen LogP contribution in [0.3, 0.4) is 0 Å². The molecule has 0 heterocycles. The molecule has 8 atom stereocenters. The van der Waals surface area contributed by atoms with E-state index < -0.39 is 0 Å². The van der Waals surface area contributed by atoms with Crippen LogP contribution in [0.1, 0.15) is 241 Å². The van der Waals surface area contributed by atoms with E-state index in [1.54, 1.807) is 5.57 Å². The molecule has 296 valence electrons. The summed E-state index contributed by atoms with van der Waals surface area (Å²) in [7, 11) is 0. The summed E-state index contributed by atoms with van der Waals surface area (Å²) in [4.78, 5) is 12.9. The second kappa shape index (κ2) is 22.6. The summed E-state index contributed by atoms with van der Waals surface area (Å²) >= 11 is 0. The number of rotatable bonds is 26. The Morgan fingerprint density at radius 2 is 1.25 bits per heavy atom. The SMILES string of the molecule is CCCCCCCCCCCCCCCCCCCCCC(=O)O[C@H]1CC[C@@]2(C)C(=CC[C@@H]3[C@@H]2CC[C@]2(C)C([C@H](C)CCCC(C)C)CC[C@@H]32)C1. The average Bonchev–Trinajstić information content (AvgIpc) is 3.46. The average molecular weight is 709 g/mol. The molecule has 0 aromatic carbocycles. The lowest BCUT2D eigenvalue weighted by Crippen LogP contribution is -2.51. The zero-order valence-corrected chi connectivity index (χ0v) is 35.4. The number of hydrogen-bond acceptors (Lipinski definition) is 2. The number of ether oxygens (including phenoxy) is 1. The summed E-state index contributed by atoms with van der Waals surface area (Å²) in [6, 6.07) is 0. The lowest BCUT2D eigenvalue weighted by Gasteiger charge is -2.58. The number of fused-ring (bicyclic) bond motifs is 5. The Bertz CT molecular complexity index is 996. The van der Waals surface area contributed by atoms with Crippen LogP contribution in [0, 0.1) is 46.3 Å². The fraction of sp³-hybridized carbons (Fsp3) is 0.939. The molecule has 4 aliphatic rings. The summed E-state index contributed by atoms with van der Waals surface area (Å²) in [6.07, 6.45) is 44.3. The molecule has 3 saturated carbocycles. The number of carbonyl (C=O) groups is 1. The Kier molecular flexibility index (Phi) is 19.0. The molecule has 0 aromatic heterocycles. The normalized spacial score (nSPS) is 30.8. The first kappa shape index (κ1) is 42.9. The van der Waals surface area contributed by atoms with Crippen molar-refractivity contribution < 1.29 is 9.53 Å². The number of esters is 1. The molecule has 2 nitrogen and oxygen atoms in total. The minimum absolute atomic E-state index is 0.0674. The Labute approximate surface area is 319 Å². The van der Waals surface area contributed by atoms with Gasteiger partial charge in [0.25, 0.3) is 0 Å². The second-order valence-electron chi connectivity index (χ2n) is 19.8. The first-order valence-corrected chi connectivity index (χ1v) is 23.6. The van der Waals surface area contributed by atoms with E-state index in [1.165, 1.54) is 173 Å². The van der Waals surface area contributed by atoms with Crippen molar-refractivity contribution >= 4 is 5.97 Å². The zero-order valence-electron chi connectivity index (χ0n) is 35.4. The van der Waals surface area contributed by atoms with E-state index in [0.29, 0.717) is 17.3 Å². The van der Waals surface area contributed by atoms with E-state index in [4.69, 9.17) is 4.74 Å². The molecule has 4 rings (SSSR count). The molecule has 0 bridgehead atoms. The lowest BCUT2D eigenvalue weighted by atomic mass is 9.47. The minimum Gasteiger partial charge on any atom is -0.462 e. The molecule has 0 N–H and O–H groups in total. The molecule has 0 radical (unpaired) electrons. The van der Waals surface area contributed by atoms with Crippen molar-refractivity contribution in [3.8, 4) is 0 Å². The van der Waals surface area contributed by atoms with E-state index >= 15 is 0 Å². The van der Waals surface area contributed by atoms with Crippen molar-refractivity contribution in [2.24, 2.45) is 46.3 Å². The van der Waals surface area contributed by atoms with E-state index in [9.17, 15) is 4.79 Å². The summed E-state index contributed by atoms with van der Waals surface area (Å²) in [5.74, 6) is 5.34.